The van der Waals surface area contributed by atoms with Crippen molar-refractivity contribution in [3.63, 3.8) is 0 Å². The van der Waals surface area contributed by atoms with Crippen molar-refractivity contribution in [2.75, 3.05) is 0 Å². The van der Waals surface area contributed by atoms with Gasteiger partial charge in [-0.05, 0) is 47.5 Å². The molecule has 0 fully saturated rings. The van der Waals surface area contributed by atoms with E-state index in [-0.39, 0.29) is 11.1 Å². The van der Waals surface area contributed by atoms with Crippen molar-refractivity contribution in [2.24, 2.45) is 5.73 Å². The molecule has 2 heteroatoms. The van der Waals surface area contributed by atoms with Crippen LogP contribution in [0.3, 0.4) is 0 Å². The van der Waals surface area contributed by atoms with Gasteiger partial charge in [-0.2, -0.15) is 0 Å². The summed E-state index contributed by atoms with van der Waals surface area (Å²) < 4.78 is 5.88. The topological polar surface area (TPSA) is 35.2 Å². The van der Waals surface area contributed by atoms with E-state index in [4.69, 9.17) is 10.5 Å². The standard InChI is InChI=1S/C11H25NO/c1-7-9(2)13-11(5,6)8-10(3,4)12/h9H,7-8,12H2,1-6H3. The first-order chi connectivity index (χ1) is 5.66. The third kappa shape index (κ3) is 7.03. The lowest BCUT2D eigenvalue weighted by Crippen LogP contribution is -2.42. The van der Waals surface area contributed by atoms with Gasteiger partial charge in [-0.15, -0.1) is 0 Å². The molecule has 2 N–H and O–H groups in total. The Labute approximate surface area is 82.8 Å². The molecule has 0 rings (SSSR count). The van der Waals surface area contributed by atoms with Gasteiger partial charge in [-0.1, -0.05) is 6.92 Å². The summed E-state index contributed by atoms with van der Waals surface area (Å²) in [6.45, 7) is 12.5. The fourth-order valence-corrected chi connectivity index (χ4v) is 1.77. The van der Waals surface area contributed by atoms with Gasteiger partial charge in [0.2, 0.25) is 0 Å². The van der Waals surface area contributed by atoms with E-state index in [2.05, 4.69) is 27.7 Å². The molecule has 0 saturated heterocycles. The molecule has 0 heterocycles. The summed E-state index contributed by atoms with van der Waals surface area (Å²) >= 11 is 0. The van der Waals surface area contributed by atoms with E-state index in [0.29, 0.717) is 6.10 Å². The maximum absolute atomic E-state index is 5.96. The number of hydrogen-bond acceptors (Lipinski definition) is 2. The van der Waals surface area contributed by atoms with Crippen molar-refractivity contribution < 1.29 is 4.74 Å². The molecule has 0 aliphatic carbocycles. The fourth-order valence-electron chi connectivity index (χ4n) is 1.77. The summed E-state index contributed by atoms with van der Waals surface area (Å²) in [5, 5.41) is 0. The molecular weight excluding hydrogens is 162 g/mol. The first-order valence-electron chi connectivity index (χ1n) is 5.13. The summed E-state index contributed by atoms with van der Waals surface area (Å²) in [5.41, 5.74) is 5.69. The second kappa shape index (κ2) is 4.43. The summed E-state index contributed by atoms with van der Waals surface area (Å²) in [5.74, 6) is 0. The van der Waals surface area contributed by atoms with Gasteiger partial charge in [0.15, 0.2) is 0 Å². The highest BCUT2D eigenvalue weighted by Gasteiger charge is 2.27. The maximum Gasteiger partial charge on any atom is 0.0647 e. The molecule has 0 amide bonds. The Balaban J connectivity index is 4.08. The molecule has 0 aliphatic heterocycles. The molecule has 0 saturated carbocycles. The summed E-state index contributed by atoms with van der Waals surface area (Å²) in [6, 6.07) is 0. The molecule has 1 atom stereocenters. The zero-order valence-electron chi connectivity index (χ0n) is 9.98. The van der Waals surface area contributed by atoms with Crippen LogP contribution >= 0.6 is 0 Å². The Bertz CT molecular complexity index is 147. The summed E-state index contributed by atoms with van der Waals surface area (Å²) in [6.07, 6.45) is 2.25. The average Bonchev–Trinajstić information content (AvgIpc) is 1.80. The van der Waals surface area contributed by atoms with Crippen LogP contribution in [0.5, 0.6) is 0 Å². The van der Waals surface area contributed by atoms with Gasteiger partial charge in [0.1, 0.15) is 0 Å². The molecule has 0 radical (unpaired) electrons. The number of nitrogens with two attached hydrogens (primary N) is 1. The maximum atomic E-state index is 5.96. The molecule has 0 aromatic heterocycles. The first kappa shape index (κ1) is 12.9. The minimum atomic E-state index is -0.156. The Kier molecular flexibility index (Phi) is 4.40. The Morgan fingerprint density at radius 1 is 1.23 bits per heavy atom. The van der Waals surface area contributed by atoms with Crippen LogP contribution in [0.15, 0.2) is 0 Å². The van der Waals surface area contributed by atoms with Crippen LogP contribution in [0.25, 0.3) is 0 Å². The number of ether oxygens (including phenoxy) is 1. The zero-order chi connectivity index (χ0) is 10.7. The van der Waals surface area contributed by atoms with Crippen LogP contribution in [0, 0.1) is 0 Å². The van der Waals surface area contributed by atoms with Crippen molar-refractivity contribution in [3.05, 3.63) is 0 Å². The van der Waals surface area contributed by atoms with Crippen LogP contribution in [-0.2, 0) is 4.74 Å². The summed E-state index contributed by atoms with van der Waals surface area (Å²) in [7, 11) is 0. The summed E-state index contributed by atoms with van der Waals surface area (Å²) in [4.78, 5) is 0. The molecule has 0 aromatic carbocycles. The highest BCUT2D eigenvalue weighted by molar-refractivity contribution is 4.83. The van der Waals surface area contributed by atoms with Crippen molar-refractivity contribution >= 4 is 0 Å². The second-order valence-electron chi connectivity index (χ2n) is 5.26. The van der Waals surface area contributed by atoms with Gasteiger partial charge in [-0.3, -0.25) is 0 Å². The first-order valence-corrected chi connectivity index (χ1v) is 5.13. The minimum absolute atomic E-state index is 0.117. The minimum Gasteiger partial charge on any atom is -0.373 e. The Morgan fingerprint density at radius 3 is 2.00 bits per heavy atom. The molecule has 80 valence electrons. The molecular formula is C11H25NO. The zero-order valence-corrected chi connectivity index (χ0v) is 9.98. The lowest BCUT2D eigenvalue weighted by Gasteiger charge is -2.34. The SMILES string of the molecule is CCC(C)OC(C)(C)CC(C)(C)N. The highest BCUT2D eigenvalue weighted by atomic mass is 16.5. The smallest absolute Gasteiger partial charge is 0.0647 e. The third-order valence-corrected chi connectivity index (χ3v) is 1.98. The Hall–Kier alpha value is -0.0800. The van der Waals surface area contributed by atoms with E-state index in [0.717, 1.165) is 12.8 Å². The van der Waals surface area contributed by atoms with Gasteiger partial charge < -0.3 is 10.5 Å². The number of hydrogen-bond donors (Lipinski definition) is 1. The molecule has 0 bridgehead atoms. The van der Waals surface area contributed by atoms with Gasteiger partial charge >= 0.3 is 0 Å². The van der Waals surface area contributed by atoms with E-state index in [9.17, 15) is 0 Å². The van der Waals surface area contributed by atoms with Gasteiger partial charge in [0.25, 0.3) is 0 Å². The second-order valence-corrected chi connectivity index (χ2v) is 5.26. The largest absolute Gasteiger partial charge is 0.373 e. The fraction of sp³-hybridized carbons (Fsp3) is 1.00. The average molecular weight is 187 g/mol. The molecule has 13 heavy (non-hydrogen) atoms. The van der Waals surface area contributed by atoms with Gasteiger partial charge in [-0.25, -0.2) is 0 Å². The quantitative estimate of drug-likeness (QED) is 0.718. The van der Waals surface area contributed by atoms with Crippen LogP contribution < -0.4 is 5.73 Å². The monoisotopic (exact) mass is 187 g/mol. The molecule has 0 spiro atoms. The molecule has 0 aromatic rings. The van der Waals surface area contributed by atoms with Crippen molar-refractivity contribution in [1.29, 1.82) is 0 Å². The normalized spacial score (nSPS) is 15.9. The van der Waals surface area contributed by atoms with Crippen molar-refractivity contribution in [2.45, 2.75) is 71.6 Å². The Morgan fingerprint density at radius 2 is 1.69 bits per heavy atom. The van der Waals surface area contributed by atoms with E-state index in [1.165, 1.54) is 0 Å². The predicted molar refractivity (Wildman–Crippen MR) is 57.8 cm³/mol. The lowest BCUT2D eigenvalue weighted by molar-refractivity contribution is -0.0775. The molecule has 2 nitrogen and oxygen atoms in total. The van der Waals surface area contributed by atoms with Crippen LogP contribution in [0.1, 0.15) is 54.4 Å². The van der Waals surface area contributed by atoms with Crippen LogP contribution in [0.4, 0.5) is 0 Å². The third-order valence-electron chi connectivity index (χ3n) is 1.98. The van der Waals surface area contributed by atoms with Crippen LogP contribution in [0.2, 0.25) is 0 Å². The van der Waals surface area contributed by atoms with E-state index in [1.54, 1.807) is 0 Å². The lowest BCUT2D eigenvalue weighted by atomic mass is 9.90. The van der Waals surface area contributed by atoms with Crippen molar-refractivity contribution in [1.82, 2.24) is 0 Å². The van der Waals surface area contributed by atoms with Crippen LogP contribution in [-0.4, -0.2) is 17.2 Å². The van der Waals surface area contributed by atoms with E-state index in [1.807, 2.05) is 13.8 Å². The predicted octanol–water partition coefficient (Wildman–Crippen LogP) is 2.71. The van der Waals surface area contributed by atoms with Crippen molar-refractivity contribution in [3.8, 4) is 0 Å². The van der Waals surface area contributed by atoms with Gasteiger partial charge in [0, 0.05) is 5.54 Å². The van der Waals surface area contributed by atoms with Gasteiger partial charge in [0.05, 0.1) is 11.7 Å². The van der Waals surface area contributed by atoms with E-state index < -0.39 is 0 Å². The number of rotatable bonds is 5. The highest BCUT2D eigenvalue weighted by Crippen LogP contribution is 2.23. The van der Waals surface area contributed by atoms with E-state index >= 15 is 0 Å². The molecule has 1 unspecified atom stereocenters. The molecule has 0 aliphatic rings.